The number of nitrogens with zero attached hydrogens (tertiary/aromatic N) is 1. The van der Waals surface area contributed by atoms with Crippen molar-refractivity contribution in [3.63, 3.8) is 0 Å². The van der Waals surface area contributed by atoms with E-state index < -0.39 is 0 Å². The fourth-order valence-corrected chi connectivity index (χ4v) is 1.06. The fraction of sp³-hybridized carbons (Fsp3) is 1.00. The molecule has 1 atom stereocenters. The van der Waals surface area contributed by atoms with Crippen LogP contribution in [0.15, 0.2) is 0 Å². The second-order valence-corrected chi connectivity index (χ2v) is 4.17. The molecule has 12 heavy (non-hydrogen) atoms. The van der Waals surface area contributed by atoms with Crippen LogP contribution in [-0.4, -0.2) is 36.6 Å². The smallest absolute Gasteiger partial charge is 0.0192 e. The lowest BCUT2D eigenvalue weighted by Crippen LogP contribution is -2.43. The Morgan fingerprint density at radius 2 is 1.58 bits per heavy atom. The molecule has 0 rings (SSSR count). The normalized spacial score (nSPS) is 14.8. The van der Waals surface area contributed by atoms with Crippen molar-refractivity contribution in [1.29, 1.82) is 0 Å². The lowest BCUT2D eigenvalue weighted by atomic mass is 10.2. The molecule has 0 aliphatic carbocycles. The Morgan fingerprint density at radius 1 is 1.08 bits per heavy atom. The number of likely N-dealkylation sites (N-methyl/N-ethyl adjacent to an activating group) is 1. The molecule has 0 bridgehead atoms. The van der Waals surface area contributed by atoms with Crippen LogP contribution in [0.1, 0.15) is 34.6 Å². The number of hydrogen-bond donors (Lipinski definition) is 1. The van der Waals surface area contributed by atoms with E-state index in [0.29, 0.717) is 18.1 Å². The van der Waals surface area contributed by atoms with Crippen LogP contribution in [-0.2, 0) is 0 Å². The highest BCUT2D eigenvalue weighted by Crippen LogP contribution is 2.00. The van der Waals surface area contributed by atoms with Crippen LogP contribution >= 0.6 is 0 Å². The van der Waals surface area contributed by atoms with Crippen molar-refractivity contribution >= 4 is 0 Å². The van der Waals surface area contributed by atoms with Gasteiger partial charge in [0.25, 0.3) is 0 Å². The molecule has 1 unspecified atom stereocenters. The molecular weight excluding hydrogens is 148 g/mol. The first-order chi connectivity index (χ1) is 5.45. The molecule has 2 nitrogen and oxygen atoms in total. The lowest BCUT2D eigenvalue weighted by molar-refractivity contribution is 0.201. The molecule has 0 saturated carbocycles. The Labute approximate surface area is 77.3 Å². The van der Waals surface area contributed by atoms with Crippen LogP contribution in [0, 0.1) is 0 Å². The minimum Gasteiger partial charge on any atom is -0.313 e. The average Bonchev–Trinajstić information content (AvgIpc) is 1.98. The van der Waals surface area contributed by atoms with Gasteiger partial charge in [0.2, 0.25) is 0 Å². The molecule has 1 N–H and O–H groups in total. The Balaban J connectivity index is 3.64. The van der Waals surface area contributed by atoms with Gasteiger partial charge < -0.3 is 10.2 Å². The van der Waals surface area contributed by atoms with Crippen molar-refractivity contribution in [2.45, 2.75) is 52.7 Å². The molecule has 0 aliphatic rings. The summed E-state index contributed by atoms with van der Waals surface area (Å²) in [4.78, 5) is 2.38. The molecule has 0 spiro atoms. The van der Waals surface area contributed by atoms with Crippen molar-refractivity contribution in [3.05, 3.63) is 0 Å². The van der Waals surface area contributed by atoms with Gasteiger partial charge in [-0.05, 0) is 27.8 Å². The highest BCUT2D eigenvalue weighted by atomic mass is 15.2. The molecule has 0 saturated heterocycles. The van der Waals surface area contributed by atoms with Gasteiger partial charge in [-0.2, -0.15) is 0 Å². The molecule has 0 aromatic rings. The van der Waals surface area contributed by atoms with E-state index in [9.17, 15) is 0 Å². The first-order valence-electron chi connectivity index (χ1n) is 4.90. The van der Waals surface area contributed by atoms with Crippen LogP contribution in [0.2, 0.25) is 0 Å². The number of hydrogen-bond acceptors (Lipinski definition) is 2. The summed E-state index contributed by atoms with van der Waals surface area (Å²) in [5, 5.41) is 3.44. The molecular formula is C10H24N2. The van der Waals surface area contributed by atoms with Gasteiger partial charge in [0.1, 0.15) is 0 Å². The Kier molecular flexibility index (Phi) is 5.51. The maximum atomic E-state index is 3.44. The summed E-state index contributed by atoms with van der Waals surface area (Å²) < 4.78 is 0. The molecule has 0 aliphatic heterocycles. The minimum atomic E-state index is 0.591. The Hall–Kier alpha value is -0.0800. The highest BCUT2D eigenvalue weighted by Gasteiger charge is 2.11. The monoisotopic (exact) mass is 172 g/mol. The van der Waals surface area contributed by atoms with E-state index in [-0.39, 0.29) is 0 Å². The van der Waals surface area contributed by atoms with Gasteiger partial charge in [-0.15, -0.1) is 0 Å². The standard InChI is InChI=1S/C10H24N2/c1-8(2)11-7-10(5)12(6)9(3)4/h8-11H,7H2,1-6H3. The van der Waals surface area contributed by atoms with Crippen LogP contribution in [0.25, 0.3) is 0 Å². The van der Waals surface area contributed by atoms with Gasteiger partial charge in [0.15, 0.2) is 0 Å². The van der Waals surface area contributed by atoms with Gasteiger partial charge in [-0.1, -0.05) is 13.8 Å². The third-order valence-electron chi connectivity index (χ3n) is 2.33. The van der Waals surface area contributed by atoms with E-state index in [0.717, 1.165) is 6.54 Å². The predicted octanol–water partition coefficient (Wildman–Crippen LogP) is 1.71. The SMILES string of the molecule is CC(C)NCC(C)N(C)C(C)C. The maximum absolute atomic E-state index is 3.44. The highest BCUT2D eigenvalue weighted by molar-refractivity contribution is 4.70. The zero-order chi connectivity index (χ0) is 9.72. The van der Waals surface area contributed by atoms with Crippen LogP contribution in [0.3, 0.4) is 0 Å². The van der Waals surface area contributed by atoms with E-state index in [1.54, 1.807) is 0 Å². The summed E-state index contributed by atoms with van der Waals surface area (Å²) in [7, 11) is 2.18. The van der Waals surface area contributed by atoms with E-state index in [4.69, 9.17) is 0 Å². The van der Waals surface area contributed by atoms with E-state index in [1.165, 1.54) is 0 Å². The van der Waals surface area contributed by atoms with Crippen molar-refractivity contribution < 1.29 is 0 Å². The summed E-state index contributed by atoms with van der Waals surface area (Å²) in [6.45, 7) is 12.2. The zero-order valence-electron chi connectivity index (χ0n) is 9.39. The molecule has 0 aromatic heterocycles. The summed E-state index contributed by atoms with van der Waals surface area (Å²) >= 11 is 0. The minimum absolute atomic E-state index is 0.591. The van der Waals surface area contributed by atoms with Gasteiger partial charge in [-0.25, -0.2) is 0 Å². The molecule has 2 heteroatoms. The number of nitrogens with one attached hydrogen (secondary N) is 1. The van der Waals surface area contributed by atoms with E-state index in [2.05, 4.69) is 51.9 Å². The molecule has 0 heterocycles. The molecule has 0 radical (unpaired) electrons. The third-order valence-corrected chi connectivity index (χ3v) is 2.33. The summed E-state index contributed by atoms with van der Waals surface area (Å²) in [6, 6.07) is 1.84. The maximum Gasteiger partial charge on any atom is 0.0192 e. The molecule has 0 fully saturated rings. The average molecular weight is 172 g/mol. The van der Waals surface area contributed by atoms with Crippen molar-refractivity contribution in [3.8, 4) is 0 Å². The van der Waals surface area contributed by atoms with Crippen molar-refractivity contribution in [1.82, 2.24) is 10.2 Å². The van der Waals surface area contributed by atoms with Gasteiger partial charge in [0, 0.05) is 24.7 Å². The van der Waals surface area contributed by atoms with E-state index in [1.807, 2.05) is 0 Å². The lowest BCUT2D eigenvalue weighted by Gasteiger charge is -2.29. The van der Waals surface area contributed by atoms with Crippen molar-refractivity contribution in [2.75, 3.05) is 13.6 Å². The van der Waals surface area contributed by atoms with Gasteiger partial charge >= 0.3 is 0 Å². The Bertz CT molecular complexity index is 110. The molecule has 74 valence electrons. The second-order valence-electron chi connectivity index (χ2n) is 4.17. The summed E-state index contributed by atoms with van der Waals surface area (Å²) in [5.74, 6) is 0. The quantitative estimate of drug-likeness (QED) is 0.679. The Morgan fingerprint density at radius 3 is 1.92 bits per heavy atom. The topological polar surface area (TPSA) is 15.3 Å². The fourth-order valence-electron chi connectivity index (χ4n) is 1.06. The second kappa shape index (κ2) is 5.55. The first-order valence-corrected chi connectivity index (χ1v) is 4.90. The number of rotatable bonds is 5. The zero-order valence-corrected chi connectivity index (χ0v) is 9.39. The van der Waals surface area contributed by atoms with Gasteiger partial charge in [-0.3, -0.25) is 0 Å². The first kappa shape index (κ1) is 11.9. The predicted molar refractivity (Wildman–Crippen MR) is 55.5 cm³/mol. The third kappa shape index (κ3) is 4.73. The van der Waals surface area contributed by atoms with E-state index >= 15 is 0 Å². The van der Waals surface area contributed by atoms with Crippen LogP contribution < -0.4 is 5.32 Å². The molecule has 0 aromatic carbocycles. The summed E-state index contributed by atoms with van der Waals surface area (Å²) in [6.07, 6.45) is 0. The molecule has 0 amide bonds. The van der Waals surface area contributed by atoms with Gasteiger partial charge in [0.05, 0.1) is 0 Å². The largest absolute Gasteiger partial charge is 0.313 e. The van der Waals surface area contributed by atoms with Crippen LogP contribution in [0.5, 0.6) is 0 Å². The summed E-state index contributed by atoms with van der Waals surface area (Å²) in [5.41, 5.74) is 0. The van der Waals surface area contributed by atoms with Crippen molar-refractivity contribution in [2.24, 2.45) is 0 Å². The van der Waals surface area contributed by atoms with Crippen LogP contribution in [0.4, 0.5) is 0 Å².